The van der Waals surface area contributed by atoms with E-state index in [-0.39, 0.29) is 5.41 Å². The van der Waals surface area contributed by atoms with Crippen LogP contribution >= 0.6 is 0 Å². The first-order valence-corrected chi connectivity index (χ1v) is 21.2. The molecule has 0 N–H and O–H groups in total. The van der Waals surface area contributed by atoms with Crippen LogP contribution in [-0.4, -0.2) is 15.1 Å². The van der Waals surface area contributed by atoms with Crippen molar-refractivity contribution in [2.45, 2.75) is 19.3 Å². The van der Waals surface area contributed by atoms with E-state index in [0.717, 1.165) is 0 Å². The van der Waals surface area contributed by atoms with Crippen molar-refractivity contribution in [2.75, 3.05) is 11.9 Å². The Morgan fingerprint density at radius 2 is 0.611 bits per heavy atom. The van der Waals surface area contributed by atoms with Gasteiger partial charge < -0.3 is 4.90 Å². The molecule has 0 fully saturated rings. The highest BCUT2D eigenvalue weighted by atomic mass is 28.3. The fraction of sp³-hybridized carbons (Fsp3) is 0.0769. The molecule has 0 atom stereocenters. The Balaban J connectivity index is 0.000000137. The van der Waals surface area contributed by atoms with Crippen LogP contribution in [-0.2, 0) is 5.41 Å². The van der Waals surface area contributed by atoms with Gasteiger partial charge >= 0.3 is 0 Å². The Morgan fingerprint density at radius 1 is 0.333 bits per heavy atom. The predicted molar refractivity (Wildman–Crippen MR) is 232 cm³/mol. The molecular weight excluding hydrogens is 667 g/mol. The zero-order chi connectivity index (χ0) is 36.7. The number of anilines is 2. The minimum atomic E-state index is -2.36. The summed E-state index contributed by atoms with van der Waals surface area (Å²) in [5.74, 6) is 0. The average Bonchev–Trinajstić information content (AvgIpc) is 3.73. The van der Waals surface area contributed by atoms with Gasteiger partial charge in [-0.05, 0) is 77.4 Å². The van der Waals surface area contributed by atoms with Crippen LogP contribution < -0.4 is 25.6 Å². The number of hydrogen-bond donors (Lipinski definition) is 0. The molecule has 0 aromatic heterocycles. The molecule has 0 unspecified atom stereocenters. The van der Waals surface area contributed by atoms with E-state index in [1.54, 1.807) is 0 Å². The minimum absolute atomic E-state index is 0.180. The maximum atomic E-state index is 2.35. The molecule has 1 aliphatic heterocycles. The van der Waals surface area contributed by atoms with E-state index in [2.05, 4.69) is 218 Å². The second-order valence-electron chi connectivity index (χ2n) is 14.0. The summed E-state index contributed by atoms with van der Waals surface area (Å²) in [6.45, 7) is 4.00. The Bertz CT molecular complexity index is 2330. The summed E-state index contributed by atoms with van der Waals surface area (Å²) in [6, 6.07) is 75.8. The highest BCUT2D eigenvalue weighted by Crippen LogP contribution is 2.62. The lowest BCUT2D eigenvalue weighted by Gasteiger charge is -2.43. The van der Waals surface area contributed by atoms with E-state index in [1.807, 2.05) is 13.8 Å². The van der Waals surface area contributed by atoms with E-state index in [9.17, 15) is 0 Å². The van der Waals surface area contributed by atoms with Crippen LogP contribution in [0.3, 0.4) is 0 Å². The highest BCUT2D eigenvalue weighted by molar-refractivity contribution is 7.21. The monoisotopic (exact) mass is 709 g/mol. The maximum absolute atomic E-state index is 2.36. The summed E-state index contributed by atoms with van der Waals surface area (Å²) in [5.41, 5.74) is 13.6. The van der Waals surface area contributed by atoms with Gasteiger partial charge in [-0.1, -0.05) is 208 Å². The third-order valence-electron chi connectivity index (χ3n) is 11.7. The normalized spacial score (nSPS) is 14.1. The number of nitrogens with zero attached hydrogens (tertiary/aromatic N) is 1. The Labute approximate surface area is 320 Å². The standard InChI is InChI=1S/C25H21NSi.C25H16.C2H6/c1-26-22-16-8-10-18-24(22)27(20-12-4-2-5-13-20,21-14-6-3-7-15-21)25-19-11-9-17-23(25)26;1-5-13-21-17(9-1)18-10-2-6-14-22(18)25(21)23-15-7-3-11-19(23)20-12-4-8-16-24(20)25;1-2/h2-19H,1H3;1-16H;1-2H3. The number of hydrogen-bond acceptors (Lipinski definition) is 1. The van der Waals surface area contributed by atoms with E-state index >= 15 is 0 Å². The summed E-state index contributed by atoms with van der Waals surface area (Å²) < 4.78 is 0. The summed E-state index contributed by atoms with van der Waals surface area (Å²) in [6.07, 6.45) is 0. The van der Waals surface area contributed by atoms with Gasteiger partial charge in [0.2, 0.25) is 0 Å². The Hall–Kier alpha value is -6.22. The summed E-state index contributed by atoms with van der Waals surface area (Å²) in [7, 11) is -0.173. The molecule has 2 heteroatoms. The van der Waals surface area contributed by atoms with Crippen molar-refractivity contribution in [3.8, 4) is 22.3 Å². The van der Waals surface area contributed by atoms with Crippen LogP contribution in [0.4, 0.5) is 11.4 Å². The van der Waals surface area contributed by atoms with E-state index in [1.165, 1.54) is 76.6 Å². The van der Waals surface area contributed by atoms with Crippen LogP contribution in [0.2, 0.25) is 0 Å². The Kier molecular flexibility index (Phi) is 8.49. The zero-order valence-electron chi connectivity index (χ0n) is 31.1. The second-order valence-corrected chi connectivity index (χ2v) is 17.7. The van der Waals surface area contributed by atoms with E-state index < -0.39 is 8.07 Å². The molecule has 8 aromatic carbocycles. The van der Waals surface area contributed by atoms with Crippen molar-refractivity contribution in [3.05, 3.63) is 229 Å². The Morgan fingerprint density at radius 3 is 0.963 bits per heavy atom. The fourth-order valence-electron chi connectivity index (χ4n) is 9.66. The fourth-order valence-corrected chi connectivity index (χ4v) is 14.9. The first-order valence-electron chi connectivity index (χ1n) is 19.2. The van der Waals surface area contributed by atoms with Crippen molar-refractivity contribution >= 4 is 40.2 Å². The quantitative estimate of drug-likeness (QED) is 0.162. The van der Waals surface area contributed by atoms with Crippen molar-refractivity contribution in [1.29, 1.82) is 0 Å². The van der Waals surface area contributed by atoms with Crippen LogP contribution in [0.15, 0.2) is 206 Å². The molecule has 1 spiro atoms. The number of rotatable bonds is 2. The van der Waals surface area contributed by atoms with Gasteiger partial charge in [-0.25, -0.2) is 0 Å². The lowest BCUT2D eigenvalue weighted by molar-refractivity contribution is 0.794. The highest BCUT2D eigenvalue weighted by Gasteiger charge is 2.51. The molecule has 0 saturated heterocycles. The van der Waals surface area contributed by atoms with Crippen molar-refractivity contribution in [3.63, 3.8) is 0 Å². The zero-order valence-corrected chi connectivity index (χ0v) is 32.1. The largest absolute Gasteiger partial charge is 0.345 e. The first kappa shape index (κ1) is 33.6. The van der Waals surface area contributed by atoms with Crippen LogP contribution in [0, 0.1) is 0 Å². The molecule has 1 heterocycles. The van der Waals surface area contributed by atoms with Gasteiger partial charge in [0.15, 0.2) is 8.07 Å². The van der Waals surface area contributed by atoms with Gasteiger partial charge in [0.1, 0.15) is 0 Å². The molecule has 0 saturated carbocycles. The molecule has 0 radical (unpaired) electrons. The minimum Gasteiger partial charge on any atom is -0.345 e. The van der Waals surface area contributed by atoms with Crippen LogP contribution in [0.5, 0.6) is 0 Å². The number of fused-ring (bicyclic) bond motifs is 12. The smallest absolute Gasteiger partial charge is 0.183 e. The third kappa shape index (κ3) is 4.70. The first-order chi connectivity index (χ1) is 26.8. The SMILES string of the molecule is CC.CN1c2ccccc2[Si](c2ccccc2)(c2ccccc2)c2ccccc21.c1ccc2c(c1)-c1ccccc1C21c2ccccc2-c2ccccc21. The molecule has 11 rings (SSSR count). The number of para-hydroxylation sites is 2. The van der Waals surface area contributed by atoms with Gasteiger partial charge in [-0.3, -0.25) is 0 Å². The summed E-state index contributed by atoms with van der Waals surface area (Å²) >= 11 is 0. The number of benzene rings is 8. The lowest BCUT2D eigenvalue weighted by atomic mass is 9.70. The van der Waals surface area contributed by atoms with Crippen molar-refractivity contribution in [2.24, 2.45) is 0 Å². The third-order valence-corrected chi connectivity index (χ3v) is 16.5. The molecule has 8 aromatic rings. The van der Waals surface area contributed by atoms with Crippen molar-refractivity contribution in [1.82, 2.24) is 0 Å². The van der Waals surface area contributed by atoms with Gasteiger partial charge in [-0.2, -0.15) is 0 Å². The second kappa shape index (κ2) is 13.6. The molecule has 260 valence electrons. The molecule has 2 aliphatic carbocycles. The predicted octanol–water partition coefficient (Wildman–Crippen LogP) is 10.2. The van der Waals surface area contributed by atoms with E-state index in [4.69, 9.17) is 0 Å². The van der Waals surface area contributed by atoms with E-state index in [0.29, 0.717) is 0 Å². The molecule has 0 bridgehead atoms. The van der Waals surface area contributed by atoms with Gasteiger partial charge in [0.05, 0.1) is 5.41 Å². The summed E-state index contributed by atoms with van der Waals surface area (Å²) in [5, 5.41) is 5.79. The average molecular weight is 710 g/mol. The van der Waals surface area contributed by atoms with Crippen molar-refractivity contribution < 1.29 is 0 Å². The van der Waals surface area contributed by atoms with Gasteiger partial charge in [0.25, 0.3) is 0 Å². The van der Waals surface area contributed by atoms with Gasteiger partial charge in [0, 0.05) is 18.4 Å². The van der Waals surface area contributed by atoms with Gasteiger partial charge in [-0.15, -0.1) is 0 Å². The van der Waals surface area contributed by atoms with Crippen LogP contribution in [0.25, 0.3) is 22.3 Å². The molecular formula is C52H43NSi. The maximum Gasteiger partial charge on any atom is 0.183 e. The molecule has 0 amide bonds. The molecule has 54 heavy (non-hydrogen) atoms. The molecule has 3 aliphatic rings. The topological polar surface area (TPSA) is 3.24 Å². The summed E-state index contributed by atoms with van der Waals surface area (Å²) in [4.78, 5) is 2.35. The van der Waals surface area contributed by atoms with Crippen LogP contribution in [0.1, 0.15) is 36.1 Å². The lowest BCUT2D eigenvalue weighted by Crippen LogP contribution is -2.77. The molecule has 1 nitrogen and oxygen atoms in total.